The third kappa shape index (κ3) is 4.25. The van der Waals surface area contributed by atoms with E-state index in [0.717, 1.165) is 5.56 Å². The van der Waals surface area contributed by atoms with Gasteiger partial charge in [0.1, 0.15) is 17.9 Å². The van der Waals surface area contributed by atoms with Crippen LogP contribution in [0.5, 0.6) is 11.5 Å². The van der Waals surface area contributed by atoms with Crippen LogP contribution in [0.4, 0.5) is 15.8 Å². The highest BCUT2D eigenvalue weighted by Gasteiger charge is 2.26. The van der Waals surface area contributed by atoms with Crippen molar-refractivity contribution >= 4 is 46.8 Å². The Balaban J connectivity index is 1.37. The Kier molecular flexibility index (Phi) is 5.66. The number of anilines is 2. The van der Waals surface area contributed by atoms with Crippen molar-refractivity contribution in [1.82, 2.24) is 5.43 Å². The lowest BCUT2D eigenvalue weighted by molar-refractivity contribution is 0.0980. The topological polar surface area (TPSA) is 57.2 Å². The maximum absolute atomic E-state index is 13.2. The number of fused-ring (bicyclic) bond motifs is 1. The molecule has 9 heteroatoms. The molecule has 5 rings (SSSR count). The third-order valence-electron chi connectivity index (χ3n) is 5.33. The number of benzene rings is 3. The molecular formula is C24H17Cl2FN4O2. The highest BCUT2D eigenvalue weighted by molar-refractivity contribution is 6.37. The van der Waals surface area contributed by atoms with Crippen LogP contribution in [0.2, 0.25) is 10.0 Å². The number of halogens is 3. The number of nitrogens with one attached hydrogen (secondary N) is 1. The summed E-state index contributed by atoms with van der Waals surface area (Å²) in [5.74, 6) is 0.364. The Morgan fingerprint density at radius 3 is 2.45 bits per heavy atom. The Morgan fingerprint density at radius 2 is 1.76 bits per heavy atom. The van der Waals surface area contributed by atoms with Gasteiger partial charge in [-0.15, -0.1) is 0 Å². The van der Waals surface area contributed by atoms with E-state index in [1.165, 1.54) is 12.1 Å². The second-order valence-corrected chi connectivity index (χ2v) is 8.24. The number of rotatable bonds is 4. The van der Waals surface area contributed by atoms with Gasteiger partial charge in [-0.3, -0.25) is 10.2 Å². The highest BCUT2D eigenvalue weighted by atomic mass is 35.5. The van der Waals surface area contributed by atoms with Crippen LogP contribution in [0.1, 0.15) is 15.9 Å². The predicted molar refractivity (Wildman–Crippen MR) is 128 cm³/mol. The van der Waals surface area contributed by atoms with Gasteiger partial charge in [0.25, 0.3) is 5.91 Å². The number of hydrogen-bond acceptors (Lipinski definition) is 5. The van der Waals surface area contributed by atoms with Crippen LogP contribution in [-0.4, -0.2) is 18.8 Å². The number of amides is 1. The standard InChI is InChI=1S/C24H17Cl2FN4O2/c25-21-12-18(31-14-28-8-9-29-31)13-22(26)23(21)33-19-5-6-20-15(11-19)7-10-30(24(20)32)17-3-1-16(27)2-4-17/h1-6,8-9,11-14,29H,7,10H2. The Labute approximate surface area is 199 Å². The number of carbonyl (C=O) groups is 1. The quantitative estimate of drug-likeness (QED) is 0.498. The van der Waals surface area contributed by atoms with Crippen LogP contribution in [0.15, 0.2) is 72.0 Å². The van der Waals surface area contributed by atoms with Crippen molar-refractivity contribution in [2.75, 3.05) is 16.5 Å². The lowest BCUT2D eigenvalue weighted by atomic mass is 9.98. The molecule has 0 saturated heterocycles. The second kappa shape index (κ2) is 8.77. The summed E-state index contributed by atoms with van der Waals surface area (Å²) in [6, 6.07) is 14.6. The molecule has 0 saturated carbocycles. The van der Waals surface area contributed by atoms with Crippen LogP contribution in [0, 0.1) is 5.82 Å². The molecule has 6 nitrogen and oxygen atoms in total. The van der Waals surface area contributed by atoms with E-state index in [0.29, 0.717) is 51.4 Å². The summed E-state index contributed by atoms with van der Waals surface area (Å²) in [7, 11) is 0. The van der Waals surface area contributed by atoms with Crippen molar-refractivity contribution in [3.63, 3.8) is 0 Å². The van der Waals surface area contributed by atoms with Gasteiger partial charge in [0.05, 0.1) is 15.7 Å². The number of hydrogen-bond donors (Lipinski definition) is 1. The van der Waals surface area contributed by atoms with Crippen molar-refractivity contribution < 1.29 is 13.9 Å². The average molecular weight is 483 g/mol. The Hall–Kier alpha value is -3.55. The van der Waals surface area contributed by atoms with Crippen molar-refractivity contribution in [3.8, 4) is 11.5 Å². The van der Waals surface area contributed by atoms with E-state index in [2.05, 4.69) is 10.4 Å². The summed E-state index contributed by atoms with van der Waals surface area (Å²) >= 11 is 12.9. The smallest absolute Gasteiger partial charge is 0.258 e. The number of ether oxygens (including phenoxy) is 1. The molecule has 0 spiro atoms. The molecule has 0 bridgehead atoms. The molecule has 2 heterocycles. The molecule has 1 N–H and O–H groups in total. The van der Waals surface area contributed by atoms with E-state index in [9.17, 15) is 9.18 Å². The molecule has 0 atom stereocenters. The van der Waals surface area contributed by atoms with Gasteiger partial charge in [-0.25, -0.2) is 14.4 Å². The van der Waals surface area contributed by atoms with E-state index >= 15 is 0 Å². The number of aliphatic imine (C=N–C) groups is 1. The van der Waals surface area contributed by atoms with Crippen molar-refractivity contribution in [2.24, 2.45) is 4.99 Å². The predicted octanol–water partition coefficient (Wildman–Crippen LogP) is 5.95. The van der Waals surface area contributed by atoms with Gasteiger partial charge in [0.2, 0.25) is 0 Å². The van der Waals surface area contributed by atoms with Gasteiger partial charge in [-0.2, -0.15) is 0 Å². The minimum atomic E-state index is -0.340. The van der Waals surface area contributed by atoms with Crippen LogP contribution >= 0.6 is 23.2 Å². The molecular weight excluding hydrogens is 466 g/mol. The summed E-state index contributed by atoms with van der Waals surface area (Å²) < 4.78 is 19.2. The molecule has 166 valence electrons. The average Bonchev–Trinajstić information content (AvgIpc) is 2.83. The zero-order valence-electron chi connectivity index (χ0n) is 17.1. The fourth-order valence-electron chi connectivity index (χ4n) is 3.73. The first-order chi connectivity index (χ1) is 16.0. The minimum absolute atomic E-state index is 0.139. The normalized spacial score (nSPS) is 14.8. The first-order valence-corrected chi connectivity index (χ1v) is 10.9. The molecule has 1 amide bonds. The summed E-state index contributed by atoms with van der Waals surface area (Å²) in [5, 5.41) is 2.33. The van der Waals surface area contributed by atoms with E-state index in [-0.39, 0.29) is 11.7 Å². The lowest BCUT2D eigenvalue weighted by Crippen LogP contribution is -2.37. The highest BCUT2D eigenvalue weighted by Crippen LogP contribution is 2.40. The third-order valence-corrected chi connectivity index (χ3v) is 5.89. The summed E-state index contributed by atoms with van der Waals surface area (Å²) in [5.41, 5.74) is 5.80. The maximum atomic E-state index is 13.2. The van der Waals surface area contributed by atoms with E-state index in [4.69, 9.17) is 27.9 Å². The second-order valence-electron chi connectivity index (χ2n) is 7.42. The zero-order chi connectivity index (χ0) is 22.9. The molecule has 0 unspecified atom stereocenters. The van der Waals surface area contributed by atoms with E-state index < -0.39 is 0 Å². The van der Waals surface area contributed by atoms with Crippen LogP contribution in [0.25, 0.3) is 0 Å². The SMILES string of the molecule is O=C1c2ccc(Oc3c(Cl)cc(N4C=NC=CN4)cc3Cl)cc2CCN1c1ccc(F)cc1. The van der Waals surface area contributed by atoms with Gasteiger partial charge in [-0.05, 0) is 66.6 Å². The number of carbonyl (C=O) groups excluding carboxylic acids is 1. The Bertz CT molecular complexity index is 1270. The molecule has 0 aliphatic carbocycles. The molecule has 2 aliphatic heterocycles. The molecule has 2 aliphatic rings. The van der Waals surface area contributed by atoms with Gasteiger partial charge in [0, 0.05) is 30.2 Å². The lowest BCUT2D eigenvalue weighted by Gasteiger charge is -2.29. The number of hydrazine groups is 1. The van der Waals surface area contributed by atoms with Crippen molar-refractivity contribution in [3.05, 3.63) is 94.0 Å². The molecule has 3 aromatic rings. The van der Waals surface area contributed by atoms with Crippen molar-refractivity contribution in [1.29, 1.82) is 0 Å². The summed E-state index contributed by atoms with van der Waals surface area (Å²) in [6.45, 7) is 0.482. The van der Waals surface area contributed by atoms with E-state index in [1.54, 1.807) is 65.0 Å². The maximum Gasteiger partial charge on any atom is 0.258 e. The molecule has 0 fully saturated rings. The zero-order valence-corrected chi connectivity index (χ0v) is 18.6. The van der Waals surface area contributed by atoms with Gasteiger partial charge >= 0.3 is 0 Å². The first-order valence-electron chi connectivity index (χ1n) is 10.1. The van der Waals surface area contributed by atoms with Gasteiger partial charge in [-0.1, -0.05) is 23.2 Å². The van der Waals surface area contributed by atoms with Crippen LogP contribution in [-0.2, 0) is 6.42 Å². The van der Waals surface area contributed by atoms with Crippen molar-refractivity contribution in [2.45, 2.75) is 6.42 Å². The summed E-state index contributed by atoms with van der Waals surface area (Å²) in [4.78, 5) is 18.7. The summed E-state index contributed by atoms with van der Waals surface area (Å²) in [6.07, 6.45) is 5.52. The number of nitrogens with zero attached hydrogens (tertiary/aromatic N) is 3. The molecule has 0 radical (unpaired) electrons. The fraction of sp³-hybridized carbons (Fsp3) is 0.0833. The monoisotopic (exact) mass is 482 g/mol. The molecule has 0 aromatic heterocycles. The fourth-order valence-corrected chi connectivity index (χ4v) is 4.29. The molecule has 3 aromatic carbocycles. The van der Waals surface area contributed by atoms with E-state index in [1.807, 2.05) is 6.07 Å². The molecule has 33 heavy (non-hydrogen) atoms. The largest absolute Gasteiger partial charge is 0.454 e. The van der Waals surface area contributed by atoms with Gasteiger partial charge < -0.3 is 9.64 Å². The van der Waals surface area contributed by atoms with Crippen LogP contribution < -0.4 is 20.1 Å². The Morgan fingerprint density at radius 1 is 1.00 bits per heavy atom. The minimum Gasteiger partial charge on any atom is -0.454 e. The van der Waals surface area contributed by atoms with Gasteiger partial charge in [0.15, 0.2) is 5.75 Å². The van der Waals surface area contributed by atoms with Crippen LogP contribution in [0.3, 0.4) is 0 Å². The first kappa shape index (κ1) is 21.3.